The molecule has 11 nitrogen and oxygen atoms in total. The maximum atomic E-state index is 12.9. The molecule has 0 saturated carbocycles. The molecule has 0 aromatic carbocycles. The first-order chi connectivity index (χ1) is 34.2. The molecule has 0 aromatic rings. The molecule has 70 heavy (non-hydrogen) atoms. The molecule has 0 amide bonds. The highest BCUT2D eigenvalue weighted by Crippen LogP contribution is 2.43. The summed E-state index contributed by atoms with van der Waals surface area (Å²) in [5, 5.41) is 9.80. The third kappa shape index (κ3) is 50.6. The van der Waals surface area contributed by atoms with Gasteiger partial charge in [0.25, 0.3) is 0 Å². The van der Waals surface area contributed by atoms with Gasteiger partial charge in [0.1, 0.15) is 12.7 Å². The summed E-state index contributed by atoms with van der Waals surface area (Å²) in [4.78, 5) is 48.4. The van der Waals surface area contributed by atoms with Gasteiger partial charge in [0.2, 0.25) is 0 Å². The molecule has 0 aliphatic heterocycles. The molecule has 0 spiro atoms. The Morgan fingerprint density at radius 3 is 1.10 bits per heavy atom. The zero-order valence-corrected chi connectivity index (χ0v) is 46.1. The third-order valence-electron chi connectivity index (χ3n) is 12.6. The van der Waals surface area contributed by atoms with Crippen molar-refractivity contribution in [3.63, 3.8) is 0 Å². The van der Waals surface area contributed by atoms with Gasteiger partial charge in [-0.3, -0.25) is 23.4 Å². The maximum absolute atomic E-state index is 12.9. The number of ether oxygens (including phenoxy) is 3. The number of unbranched alkanes of at least 4 members (excludes halogenated alkanes) is 31. The first-order valence-electron chi connectivity index (χ1n) is 28.9. The molecule has 0 rings (SSSR count). The average Bonchev–Trinajstić information content (AvgIpc) is 3.35. The van der Waals surface area contributed by atoms with Crippen LogP contribution in [0.15, 0.2) is 36.5 Å². The van der Waals surface area contributed by atoms with Gasteiger partial charge in [-0.2, -0.15) is 0 Å². The number of hydrogen-bond donors (Lipinski definition) is 2. The highest BCUT2D eigenvalue weighted by molar-refractivity contribution is 7.47. The van der Waals surface area contributed by atoms with Crippen LogP contribution in [0.5, 0.6) is 0 Å². The van der Waals surface area contributed by atoms with Gasteiger partial charge in [0.15, 0.2) is 6.10 Å². The van der Waals surface area contributed by atoms with Crippen molar-refractivity contribution in [2.24, 2.45) is 0 Å². The number of esters is 3. The van der Waals surface area contributed by atoms with E-state index in [9.17, 15) is 28.9 Å². The van der Waals surface area contributed by atoms with Gasteiger partial charge in [0.05, 0.1) is 19.8 Å². The van der Waals surface area contributed by atoms with Crippen LogP contribution in [0, 0.1) is 0 Å². The van der Waals surface area contributed by atoms with Crippen molar-refractivity contribution in [3.05, 3.63) is 36.5 Å². The van der Waals surface area contributed by atoms with Crippen molar-refractivity contribution < 1.29 is 52.2 Å². The first kappa shape index (κ1) is 67.7. The molecule has 0 aliphatic carbocycles. The zero-order chi connectivity index (χ0) is 51.3. The van der Waals surface area contributed by atoms with Crippen molar-refractivity contribution in [1.82, 2.24) is 0 Å². The number of phosphoric ester groups is 1. The Morgan fingerprint density at radius 2 is 0.700 bits per heavy atom. The molecule has 3 unspecified atom stereocenters. The molecule has 0 radical (unpaired) electrons. The van der Waals surface area contributed by atoms with E-state index in [2.05, 4.69) is 57.2 Å². The summed E-state index contributed by atoms with van der Waals surface area (Å²) in [6.07, 6.45) is 53.9. The quantitative estimate of drug-likeness (QED) is 0.0197. The minimum atomic E-state index is -4.74. The number of hydrogen-bond acceptors (Lipinski definition) is 10. The maximum Gasteiger partial charge on any atom is 0.472 e. The van der Waals surface area contributed by atoms with Gasteiger partial charge in [-0.05, 0) is 57.8 Å². The van der Waals surface area contributed by atoms with Crippen molar-refractivity contribution in [2.75, 3.05) is 26.4 Å². The van der Waals surface area contributed by atoms with E-state index >= 15 is 0 Å². The van der Waals surface area contributed by atoms with Gasteiger partial charge in [-0.15, -0.1) is 0 Å². The smallest absolute Gasteiger partial charge is 0.462 e. The summed E-state index contributed by atoms with van der Waals surface area (Å²) >= 11 is 0. The topological polar surface area (TPSA) is 155 Å². The molecule has 0 fully saturated rings. The summed E-state index contributed by atoms with van der Waals surface area (Å²) in [5.74, 6) is -1.46. The van der Waals surface area contributed by atoms with E-state index in [1.54, 1.807) is 0 Å². The van der Waals surface area contributed by atoms with Gasteiger partial charge in [-0.1, -0.05) is 237 Å². The lowest BCUT2D eigenvalue weighted by atomic mass is 10.0. The van der Waals surface area contributed by atoms with E-state index in [0.29, 0.717) is 19.3 Å². The van der Waals surface area contributed by atoms with E-state index in [1.165, 1.54) is 128 Å². The largest absolute Gasteiger partial charge is 0.472 e. The molecule has 3 atom stereocenters. The molecular weight excluding hydrogens is 904 g/mol. The summed E-state index contributed by atoms with van der Waals surface area (Å²) in [6.45, 7) is 4.62. The minimum Gasteiger partial charge on any atom is -0.462 e. The monoisotopic (exact) mass is 1010 g/mol. The zero-order valence-electron chi connectivity index (χ0n) is 45.2. The van der Waals surface area contributed by atoms with Crippen LogP contribution in [-0.4, -0.2) is 66.5 Å². The Morgan fingerprint density at radius 1 is 0.400 bits per heavy atom. The van der Waals surface area contributed by atoms with Gasteiger partial charge in [-0.25, -0.2) is 4.57 Å². The number of phosphoric acid groups is 1. The predicted octanol–water partition coefficient (Wildman–Crippen LogP) is 16.8. The summed E-state index contributed by atoms with van der Waals surface area (Å²) in [5.41, 5.74) is 0. The van der Waals surface area contributed by atoms with Crippen molar-refractivity contribution in [1.29, 1.82) is 0 Å². The van der Waals surface area contributed by atoms with E-state index in [-0.39, 0.29) is 25.9 Å². The SMILES string of the molecule is CCCCC/C=C\C/C=C\C/C=C\CCCCCCCCC(=O)OC(COC(=O)CCCCCCCCCCC)COP(=O)(O)OCC(CO)OC(=O)CCCCCCCCCCCCCCCCC. The predicted molar refractivity (Wildman–Crippen MR) is 289 cm³/mol. The number of aliphatic hydroxyl groups is 1. The Hall–Kier alpha value is -2.30. The van der Waals surface area contributed by atoms with Crippen LogP contribution in [0.1, 0.15) is 278 Å². The van der Waals surface area contributed by atoms with Gasteiger partial charge >= 0.3 is 25.7 Å². The van der Waals surface area contributed by atoms with Crippen LogP contribution >= 0.6 is 7.82 Å². The highest BCUT2D eigenvalue weighted by Gasteiger charge is 2.28. The van der Waals surface area contributed by atoms with Crippen LogP contribution in [0.25, 0.3) is 0 Å². The van der Waals surface area contributed by atoms with Crippen LogP contribution in [0.4, 0.5) is 0 Å². The minimum absolute atomic E-state index is 0.157. The third-order valence-corrected chi connectivity index (χ3v) is 13.5. The number of aliphatic hydroxyl groups excluding tert-OH is 1. The van der Waals surface area contributed by atoms with E-state index in [0.717, 1.165) is 89.9 Å². The van der Waals surface area contributed by atoms with Crippen LogP contribution < -0.4 is 0 Å². The molecule has 2 N–H and O–H groups in total. The lowest BCUT2D eigenvalue weighted by Gasteiger charge is -2.21. The standard InChI is InChI=1S/C58H107O11P/c1-4-7-10-13-16-19-21-23-25-26-27-28-30-32-34-37-40-43-46-49-58(62)69-55(51-65-56(60)47-44-41-38-35-18-15-12-9-6-3)53-67-70(63,64)66-52-54(50-59)68-57(61)48-45-42-39-36-33-31-29-24-22-20-17-14-11-8-5-2/h16,19,23,25,27-28,54-55,59H,4-15,17-18,20-22,24,26,29-53H2,1-3H3,(H,63,64)/b19-16-,25-23-,28-27-. The Kier molecular flexibility index (Phi) is 51.3. The number of carbonyl (C=O) groups excluding carboxylic acids is 3. The molecule has 12 heteroatoms. The number of carbonyl (C=O) groups is 3. The van der Waals surface area contributed by atoms with Crippen molar-refractivity contribution >= 4 is 25.7 Å². The highest BCUT2D eigenvalue weighted by atomic mass is 31.2. The second kappa shape index (κ2) is 53.0. The molecule has 0 aromatic heterocycles. The van der Waals surface area contributed by atoms with Crippen molar-refractivity contribution in [3.8, 4) is 0 Å². The molecule has 0 aliphatic rings. The Bertz CT molecular complexity index is 1320. The fraction of sp³-hybridized carbons (Fsp3) is 0.845. The van der Waals surface area contributed by atoms with Gasteiger partial charge < -0.3 is 24.2 Å². The Balaban J connectivity index is 4.63. The normalized spacial score (nSPS) is 13.6. The Labute approximate surface area is 429 Å². The lowest BCUT2D eigenvalue weighted by Crippen LogP contribution is -2.30. The number of allylic oxidation sites excluding steroid dienone is 6. The molecule has 410 valence electrons. The van der Waals surface area contributed by atoms with E-state index in [1.807, 2.05) is 0 Å². The number of rotatable bonds is 54. The molecule has 0 saturated heterocycles. The summed E-state index contributed by atoms with van der Waals surface area (Å²) in [6, 6.07) is 0. The van der Waals surface area contributed by atoms with Gasteiger partial charge in [0, 0.05) is 19.3 Å². The molecule has 0 heterocycles. The second-order valence-corrected chi connectivity index (χ2v) is 20.9. The summed E-state index contributed by atoms with van der Waals surface area (Å²) < 4.78 is 39.4. The molecule has 0 bridgehead atoms. The summed E-state index contributed by atoms with van der Waals surface area (Å²) in [7, 11) is -4.74. The van der Waals surface area contributed by atoms with Crippen LogP contribution in [0.3, 0.4) is 0 Å². The lowest BCUT2D eigenvalue weighted by molar-refractivity contribution is -0.161. The van der Waals surface area contributed by atoms with Crippen LogP contribution in [0.2, 0.25) is 0 Å². The first-order valence-corrected chi connectivity index (χ1v) is 30.4. The van der Waals surface area contributed by atoms with Crippen molar-refractivity contribution in [2.45, 2.75) is 290 Å². The molecular formula is C58H107O11P. The fourth-order valence-electron chi connectivity index (χ4n) is 8.13. The van der Waals surface area contributed by atoms with E-state index < -0.39 is 57.8 Å². The fourth-order valence-corrected chi connectivity index (χ4v) is 8.91. The van der Waals surface area contributed by atoms with E-state index in [4.69, 9.17) is 23.3 Å². The van der Waals surface area contributed by atoms with Crippen LogP contribution in [-0.2, 0) is 42.2 Å². The second-order valence-electron chi connectivity index (χ2n) is 19.5. The average molecular weight is 1010 g/mol.